The fourth-order valence-electron chi connectivity index (χ4n) is 16.5. The summed E-state index contributed by atoms with van der Waals surface area (Å²) in [5, 5.41) is 0. The van der Waals surface area contributed by atoms with Crippen LogP contribution in [0.5, 0.6) is 0 Å². The summed E-state index contributed by atoms with van der Waals surface area (Å²) in [6.07, 6.45) is 0. The highest BCUT2D eigenvalue weighted by molar-refractivity contribution is 7.99. The maximum atomic E-state index is 5.46. The minimum atomic E-state index is -0.660. The quantitative estimate of drug-likeness (QED) is 0.144. The fraction of sp³-hybridized carbons (Fsp3) is 0.0213. The van der Waals surface area contributed by atoms with Gasteiger partial charge in [0.2, 0.25) is 0 Å². The van der Waals surface area contributed by atoms with E-state index in [0.717, 1.165) is 89.5 Å². The van der Waals surface area contributed by atoms with Crippen LogP contribution in [-0.4, -0.2) is 19.9 Å². The average Bonchev–Trinajstić information content (AvgIpc) is 1.49. The molecule has 0 radical (unpaired) electrons. The Balaban J connectivity index is 0.702. The maximum Gasteiger partial charge on any atom is 0.160 e. The van der Waals surface area contributed by atoms with Crippen LogP contribution < -0.4 is 0 Å². The van der Waals surface area contributed by atoms with Crippen LogP contribution in [0.25, 0.3) is 123 Å². The zero-order chi connectivity index (χ0) is 65.9. The minimum absolute atomic E-state index is 0.514. The van der Waals surface area contributed by atoms with Crippen LogP contribution in [0.1, 0.15) is 44.5 Å². The summed E-state index contributed by atoms with van der Waals surface area (Å²) < 4.78 is 0. The second kappa shape index (κ2) is 23.3. The zero-order valence-electron chi connectivity index (χ0n) is 54.1. The average molecular weight is 1310 g/mol. The highest BCUT2D eigenvalue weighted by Gasteiger charge is 2.52. The van der Waals surface area contributed by atoms with Gasteiger partial charge in [-0.1, -0.05) is 309 Å². The van der Waals surface area contributed by atoms with E-state index < -0.39 is 10.8 Å². The maximum absolute atomic E-state index is 5.46. The molecule has 4 nitrogen and oxygen atoms in total. The second-order valence-corrected chi connectivity index (χ2v) is 28.4. The summed E-state index contributed by atoms with van der Waals surface area (Å²) in [7, 11) is 0. The van der Waals surface area contributed by atoms with Crippen molar-refractivity contribution in [3.63, 3.8) is 0 Å². The highest BCUT2D eigenvalue weighted by atomic mass is 32.2. The standard InChI is InChI=1S/C94H58N4S2/c1-4-24-59(25-5-1)69-34-10-11-38-74(69)86-58-85(97-92(98-86)61-28-8-3-9-29-61)68-48-51-90-82(56-68)94(79-43-19-21-45-88(79)100-90)77-41-17-14-37-72(77)73-49-46-65(54-80(73)94)63-31-22-30-62(52-63)64-32-23-33-66(53-64)83-57-84(96-91(95-83)60-26-6-2-7-27-60)67-47-50-89-81(55-67)93(78-42-18-20-44-87(78)99-89)75-39-15-12-35-70(75)71-36-13-16-40-76(71)93/h1-58H. The van der Waals surface area contributed by atoms with E-state index in [4.69, 9.17) is 19.9 Å². The molecule has 1 atom stereocenters. The Hall–Kier alpha value is -12.1. The van der Waals surface area contributed by atoms with Crippen molar-refractivity contribution >= 4 is 23.5 Å². The molecule has 6 heteroatoms. The molecule has 0 amide bonds. The van der Waals surface area contributed by atoms with E-state index in [2.05, 4.69) is 346 Å². The third-order valence-corrected chi connectivity index (χ3v) is 23.2. The summed E-state index contributed by atoms with van der Waals surface area (Å²) in [5.74, 6) is 1.36. The normalized spacial score (nSPS) is 14.4. The van der Waals surface area contributed by atoms with Crippen LogP contribution >= 0.6 is 23.5 Å². The van der Waals surface area contributed by atoms with Gasteiger partial charge in [0, 0.05) is 53.0 Å². The number of nitrogens with zero attached hydrogens (tertiary/aromatic N) is 4. The topological polar surface area (TPSA) is 51.6 Å². The molecule has 16 aromatic rings. The molecule has 4 heterocycles. The summed E-state index contributed by atoms with van der Waals surface area (Å²) in [5.41, 5.74) is 30.4. The van der Waals surface area contributed by atoms with E-state index in [9.17, 15) is 0 Å². The molecule has 0 saturated carbocycles. The summed E-state index contributed by atoms with van der Waals surface area (Å²) >= 11 is 3.72. The molecule has 2 spiro atoms. The van der Waals surface area contributed by atoms with Crippen LogP contribution in [0.3, 0.4) is 0 Å². The van der Waals surface area contributed by atoms with Gasteiger partial charge in [-0.2, -0.15) is 0 Å². The molecule has 0 bridgehead atoms. The molecule has 2 aliphatic carbocycles. The van der Waals surface area contributed by atoms with E-state index in [1.807, 2.05) is 29.6 Å². The van der Waals surface area contributed by atoms with Crippen molar-refractivity contribution in [2.24, 2.45) is 0 Å². The molecular formula is C94H58N4S2. The van der Waals surface area contributed by atoms with Crippen LogP contribution in [-0.2, 0) is 10.8 Å². The number of hydrogen-bond acceptors (Lipinski definition) is 6. The smallest absolute Gasteiger partial charge is 0.160 e. The first kappa shape index (κ1) is 58.1. The Morgan fingerprint density at radius 2 is 0.480 bits per heavy atom. The number of rotatable bonds is 9. The Kier molecular flexibility index (Phi) is 13.6. The van der Waals surface area contributed by atoms with Crippen LogP contribution in [0, 0.1) is 0 Å². The Morgan fingerprint density at radius 3 is 0.980 bits per heavy atom. The van der Waals surface area contributed by atoms with Gasteiger partial charge in [0.15, 0.2) is 11.6 Å². The Labute approximate surface area is 589 Å². The third-order valence-electron chi connectivity index (χ3n) is 20.9. The molecule has 2 aromatic heterocycles. The molecule has 0 N–H and O–H groups in total. The minimum Gasteiger partial charge on any atom is -0.228 e. The molecule has 2 aliphatic heterocycles. The van der Waals surface area contributed by atoms with Gasteiger partial charge in [0.1, 0.15) is 0 Å². The van der Waals surface area contributed by atoms with Gasteiger partial charge >= 0.3 is 0 Å². The lowest BCUT2D eigenvalue weighted by molar-refractivity contribution is 0.722. The zero-order valence-corrected chi connectivity index (χ0v) is 55.7. The Morgan fingerprint density at radius 1 is 0.170 bits per heavy atom. The number of fused-ring (bicyclic) bond motifs is 18. The van der Waals surface area contributed by atoms with E-state index in [1.165, 1.54) is 86.3 Å². The molecule has 4 aliphatic rings. The van der Waals surface area contributed by atoms with Gasteiger partial charge in [-0.05, 0) is 167 Å². The van der Waals surface area contributed by atoms with Crippen molar-refractivity contribution in [1.29, 1.82) is 0 Å². The third kappa shape index (κ3) is 9.11. The lowest BCUT2D eigenvalue weighted by Gasteiger charge is -2.40. The summed E-state index contributed by atoms with van der Waals surface area (Å²) in [6.45, 7) is 0. The van der Waals surface area contributed by atoms with Crippen LogP contribution in [0.4, 0.5) is 0 Å². The number of hydrogen-bond donors (Lipinski definition) is 0. The predicted molar refractivity (Wildman–Crippen MR) is 409 cm³/mol. The monoisotopic (exact) mass is 1310 g/mol. The first-order valence-corrected chi connectivity index (χ1v) is 35.7. The predicted octanol–water partition coefficient (Wildman–Crippen LogP) is 23.9. The molecule has 14 aromatic carbocycles. The molecule has 20 rings (SSSR count). The van der Waals surface area contributed by atoms with Gasteiger partial charge in [0.25, 0.3) is 0 Å². The van der Waals surface area contributed by atoms with Crippen molar-refractivity contribution in [2.45, 2.75) is 30.4 Å². The van der Waals surface area contributed by atoms with Crippen LogP contribution in [0.15, 0.2) is 371 Å². The lowest BCUT2D eigenvalue weighted by Crippen LogP contribution is -2.32. The lowest BCUT2D eigenvalue weighted by atomic mass is 9.66. The molecule has 1 unspecified atom stereocenters. The highest BCUT2D eigenvalue weighted by Crippen LogP contribution is 2.65. The van der Waals surface area contributed by atoms with Gasteiger partial charge in [-0.15, -0.1) is 0 Å². The van der Waals surface area contributed by atoms with E-state index >= 15 is 0 Å². The molecular weight excluding hydrogens is 1250 g/mol. The van der Waals surface area contributed by atoms with Crippen molar-refractivity contribution < 1.29 is 0 Å². The van der Waals surface area contributed by atoms with Gasteiger partial charge in [-0.3, -0.25) is 0 Å². The largest absolute Gasteiger partial charge is 0.228 e. The molecule has 0 saturated heterocycles. The van der Waals surface area contributed by atoms with Crippen molar-refractivity contribution in [3.05, 3.63) is 396 Å². The SMILES string of the molecule is c1ccc(-c2nc(-c3cccc(-c4cccc(-c5ccc6c(c5)C5(c7ccccc7Sc7ccc(-c8cc(-c9ccccc9-c9ccccc9)nc(-c9ccccc9)n8)cc75)c5ccccc5-6)c4)c3)cc(-c3ccc4c(c3)C3(c5ccccc5S4)c4ccccc4-c4ccccc43)n2)cc1. The van der Waals surface area contributed by atoms with Gasteiger partial charge < -0.3 is 0 Å². The van der Waals surface area contributed by atoms with Gasteiger partial charge in [-0.25, -0.2) is 19.9 Å². The molecule has 0 fully saturated rings. The second-order valence-electron chi connectivity index (χ2n) is 26.2. The first-order valence-electron chi connectivity index (χ1n) is 34.1. The molecule has 100 heavy (non-hydrogen) atoms. The first-order chi connectivity index (χ1) is 49.5. The number of benzene rings is 14. The fourth-order valence-corrected chi connectivity index (χ4v) is 18.8. The summed E-state index contributed by atoms with van der Waals surface area (Å²) in [4.78, 5) is 26.7. The van der Waals surface area contributed by atoms with Gasteiger partial charge in [0.05, 0.1) is 33.6 Å². The summed E-state index contributed by atoms with van der Waals surface area (Å²) in [6, 6.07) is 129. The van der Waals surface area contributed by atoms with E-state index in [-0.39, 0.29) is 0 Å². The van der Waals surface area contributed by atoms with E-state index in [0.29, 0.717) is 11.6 Å². The van der Waals surface area contributed by atoms with E-state index in [1.54, 1.807) is 0 Å². The van der Waals surface area contributed by atoms with Crippen molar-refractivity contribution in [3.8, 4) is 123 Å². The van der Waals surface area contributed by atoms with Crippen molar-refractivity contribution in [1.82, 2.24) is 19.9 Å². The van der Waals surface area contributed by atoms with Crippen molar-refractivity contribution in [2.75, 3.05) is 0 Å². The number of aromatic nitrogens is 4. The Bertz CT molecular complexity index is 5960. The van der Waals surface area contributed by atoms with Crippen LogP contribution in [0.2, 0.25) is 0 Å². The molecule has 466 valence electrons.